The molecule has 1 aromatic carbocycles. The van der Waals surface area contributed by atoms with Crippen molar-refractivity contribution in [3.63, 3.8) is 0 Å². The Morgan fingerprint density at radius 2 is 1.76 bits per heavy atom. The van der Waals surface area contributed by atoms with E-state index in [2.05, 4.69) is 27.7 Å². The average molecular weight is 343 g/mol. The van der Waals surface area contributed by atoms with E-state index in [4.69, 9.17) is 4.74 Å². The first-order valence-corrected chi connectivity index (χ1v) is 9.41. The fourth-order valence-corrected chi connectivity index (χ4v) is 4.38. The molecule has 0 N–H and O–H groups in total. The van der Waals surface area contributed by atoms with Crippen LogP contribution in [0.5, 0.6) is 0 Å². The zero-order chi connectivity index (χ0) is 18.2. The molecule has 2 heterocycles. The molecule has 2 aliphatic rings. The summed E-state index contributed by atoms with van der Waals surface area (Å²) in [7, 11) is 0. The molecular formula is C21H29NO3. The maximum atomic E-state index is 12.6. The summed E-state index contributed by atoms with van der Waals surface area (Å²) in [5.41, 5.74) is 1.08. The molecule has 2 amide bonds. The first-order chi connectivity index (χ1) is 11.8. The van der Waals surface area contributed by atoms with E-state index in [9.17, 15) is 9.59 Å². The Kier molecular flexibility index (Phi) is 4.76. The van der Waals surface area contributed by atoms with E-state index in [-0.39, 0.29) is 22.8 Å². The van der Waals surface area contributed by atoms with E-state index in [0.29, 0.717) is 23.6 Å². The van der Waals surface area contributed by atoms with Crippen molar-refractivity contribution in [1.29, 1.82) is 0 Å². The van der Waals surface area contributed by atoms with Crippen LogP contribution in [0.1, 0.15) is 74.1 Å². The van der Waals surface area contributed by atoms with Gasteiger partial charge in [-0.2, -0.15) is 0 Å². The third-order valence-electron chi connectivity index (χ3n) is 6.46. The number of benzene rings is 1. The average Bonchev–Trinajstić information content (AvgIpc) is 2.84. The molecule has 1 fully saturated rings. The van der Waals surface area contributed by atoms with Gasteiger partial charge in [-0.25, -0.2) is 0 Å². The SMILES string of the molecule is CCC1(C)CC(CCN2C(=O)c3ccccc3C2=O)(C(C)C)CCO1. The molecule has 0 spiro atoms. The van der Waals surface area contributed by atoms with Gasteiger partial charge in [-0.3, -0.25) is 14.5 Å². The standard InChI is InChI=1S/C21H29NO3/c1-5-20(4)14-21(15(2)3,11-13-25-20)10-12-22-18(23)16-8-6-7-9-17(16)19(22)24/h6-9,15H,5,10-14H2,1-4H3. The number of hydrogen-bond acceptors (Lipinski definition) is 3. The van der Waals surface area contributed by atoms with Crippen LogP contribution in [-0.2, 0) is 4.74 Å². The summed E-state index contributed by atoms with van der Waals surface area (Å²) in [6.07, 6.45) is 3.80. The van der Waals surface area contributed by atoms with E-state index in [0.717, 1.165) is 32.3 Å². The number of nitrogens with zero attached hydrogens (tertiary/aromatic N) is 1. The van der Waals surface area contributed by atoms with Gasteiger partial charge in [-0.15, -0.1) is 0 Å². The van der Waals surface area contributed by atoms with Gasteiger partial charge >= 0.3 is 0 Å². The Morgan fingerprint density at radius 1 is 1.16 bits per heavy atom. The minimum Gasteiger partial charge on any atom is -0.375 e. The van der Waals surface area contributed by atoms with Gasteiger partial charge in [-0.05, 0) is 56.1 Å². The molecule has 1 aromatic rings. The molecule has 2 unspecified atom stereocenters. The number of carbonyl (C=O) groups excluding carboxylic acids is 2. The second-order valence-corrected chi connectivity index (χ2v) is 8.15. The first-order valence-electron chi connectivity index (χ1n) is 9.41. The van der Waals surface area contributed by atoms with Crippen LogP contribution in [-0.4, -0.2) is 35.5 Å². The lowest BCUT2D eigenvalue weighted by Crippen LogP contribution is -2.47. The van der Waals surface area contributed by atoms with Crippen molar-refractivity contribution in [2.75, 3.05) is 13.2 Å². The molecule has 0 aromatic heterocycles. The van der Waals surface area contributed by atoms with Crippen molar-refractivity contribution >= 4 is 11.8 Å². The van der Waals surface area contributed by atoms with Gasteiger partial charge in [0.25, 0.3) is 11.8 Å². The van der Waals surface area contributed by atoms with E-state index in [1.807, 2.05) is 12.1 Å². The summed E-state index contributed by atoms with van der Waals surface area (Å²) in [6, 6.07) is 7.12. The van der Waals surface area contributed by atoms with Gasteiger partial charge in [0, 0.05) is 13.2 Å². The van der Waals surface area contributed by atoms with Crippen LogP contribution in [0.3, 0.4) is 0 Å². The number of hydrogen-bond donors (Lipinski definition) is 0. The van der Waals surface area contributed by atoms with E-state index >= 15 is 0 Å². The quantitative estimate of drug-likeness (QED) is 0.749. The lowest BCUT2D eigenvalue weighted by atomic mass is 9.64. The summed E-state index contributed by atoms with van der Waals surface area (Å²) in [4.78, 5) is 26.7. The van der Waals surface area contributed by atoms with Gasteiger partial charge in [0.2, 0.25) is 0 Å². The predicted molar refractivity (Wildman–Crippen MR) is 97.6 cm³/mol. The highest BCUT2D eigenvalue weighted by Gasteiger charge is 2.45. The Labute approximate surface area is 150 Å². The van der Waals surface area contributed by atoms with Crippen molar-refractivity contribution in [1.82, 2.24) is 4.90 Å². The highest BCUT2D eigenvalue weighted by molar-refractivity contribution is 6.21. The molecule has 4 heteroatoms. The molecule has 2 atom stereocenters. The fraction of sp³-hybridized carbons (Fsp3) is 0.619. The largest absolute Gasteiger partial charge is 0.375 e. The first kappa shape index (κ1) is 18.1. The van der Waals surface area contributed by atoms with Crippen LogP contribution in [0.25, 0.3) is 0 Å². The van der Waals surface area contributed by atoms with Gasteiger partial charge in [-0.1, -0.05) is 32.9 Å². The lowest BCUT2D eigenvalue weighted by molar-refractivity contribution is -0.133. The fourth-order valence-electron chi connectivity index (χ4n) is 4.38. The Morgan fingerprint density at radius 3 is 2.28 bits per heavy atom. The number of carbonyl (C=O) groups is 2. The van der Waals surface area contributed by atoms with Crippen LogP contribution in [0.15, 0.2) is 24.3 Å². The van der Waals surface area contributed by atoms with Crippen molar-refractivity contribution in [3.05, 3.63) is 35.4 Å². The van der Waals surface area contributed by atoms with Crippen LogP contribution >= 0.6 is 0 Å². The van der Waals surface area contributed by atoms with E-state index in [1.165, 1.54) is 4.90 Å². The Balaban J connectivity index is 1.77. The number of ether oxygens (including phenoxy) is 1. The molecule has 0 bridgehead atoms. The molecule has 2 aliphatic heterocycles. The summed E-state index contributed by atoms with van der Waals surface area (Å²) >= 11 is 0. The highest BCUT2D eigenvalue weighted by atomic mass is 16.5. The molecule has 0 saturated carbocycles. The molecule has 3 rings (SSSR count). The van der Waals surface area contributed by atoms with Gasteiger partial charge < -0.3 is 4.74 Å². The van der Waals surface area contributed by atoms with E-state index in [1.54, 1.807) is 12.1 Å². The smallest absolute Gasteiger partial charge is 0.261 e. The van der Waals surface area contributed by atoms with Gasteiger partial charge in [0.15, 0.2) is 0 Å². The zero-order valence-corrected chi connectivity index (χ0v) is 15.8. The topological polar surface area (TPSA) is 46.6 Å². The molecule has 0 aliphatic carbocycles. The van der Waals surface area contributed by atoms with Crippen LogP contribution in [0.4, 0.5) is 0 Å². The normalized spacial score (nSPS) is 29.4. The summed E-state index contributed by atoms with van der Waals surface area (Å²) in [5, 5.41) is 0. The molecule has 4 nitrogen and oxygen atoms in total. The third kappa shape index (κ3) is 3.12. The molecule has 0 radical (unpaired) electrons. The maximum absolute atomic E-state index is 12.6. The molecule has 1 saturated heterocycles. The number of amides is 2. The maximum Gasteiger partial charge on any atom is 0.261 e. The van der Waals surface area contributed by atoms with Crippen molar-refractivity contribution in [2.45, 2.75) is 59.0 Å². The zero-order valence-electron chi connectivity index (χ0n) is 15.8. The Bertz CT molecular complexity index is 648. The molecule has 25 heavy (non-hydrogen) atoms. The van der Waals surface area contributed by atoms with Crippen LogP contribution in [0.2, 0.25) is 0 Å². The van der Waals surface area contributed by atoms with Gasteiger partial charge in [0.05, 0.1) is 16.7 Å². The Hall–Kier alpha value is -1.68. The highest BCUT2D eigenvalue weighted by Crippen LogP contribution is 2.48. The van der Waals surface area contributed by atoms with E-state index < -0.39 is 0 Å². The van der Waals surface area contributed by atoms with Crippen molar-refractivity contribution < 1.29 is 14.3 Å². The number of fused-ring (bicyclic) bond motifs is 1. The summed E-state index contributed by atoms with van der Waals surface area (Å²) < 4.78 is 6.04. The second-order valence-electron chi connectivity index (χ2n) is 8.15. The number of rotatable bonds is 5. The van der Waals surface area contributed by atoms with Crippen molar-refractivity contribution in [2.24, 2.45) is 11.3 Å². The number of imide groups is 1. The third-order valence-corrected chi connectivity index (χ3v) is 6.46. The second kappa shape index (κ2) is 6.56. The van der Waals surface area contributed by atoms with Gasteiger partial charge in [0.1, 0.15) is 0 Å². The molecular weight excluding hydrogens is 314 g/mol. The summed E-state index contributed by atoms with van der Waals surface area (Å²) in [5.74, 6) is 0.187. The minimum atomic E-state index is -0.148. The van der Waals surface area contributed by atoms with Crippen LogP contribution < -0.4 is 0 Å². The monoisotopic (exact) mass is 343 g/mol. The summed E-state index contributed by atoms with van der Waals surface area (Å²) in [6.45, 7) is 10.1. The predicted octanol–water partition coefficient (Wildman–Crippen LogP) is 4.29. The van der Waals surface area contributed by atoms with Crippen LogP contribution in [0, 0.1) is 11.3 Å². The molecule has 136 valence electrons. The lowest BCUT2D eigenvalue weighted by Gasteiger charge is -2.49. The minimum absolute atomic E-state index is 0.107. The van der Waals surface area contributed by atoms with Crippen molar-refractivity contribution in [3.8, 4) is 0 Å².